The van der Waals surface area contributed by atoms with Crippen LogP contribution in [0, 0.1) is 0 Å². The van der Waals surface area contributed by atoms with Gasteiger partial charge in [-0.2, -0.15) is 0 Å². The van der Waals surface area contributed by atoms with Gasteiger partial charge in [-0.3, -0.25) is 9.59 Å². The summed E-state index contributed by atoms with van der Waals surface area (Å²) in [7, 11) is 0. The molecule has 100 valence electrons. The first-order valence-corrected chi connectivity index (χ1v) is 6.50. The molecule has 0 aromatic rings. The van der Waals surface area contributed by atoms with E-state index >= 15 is 0 Å². The number of nitrogens with one attached hydrogen (secondary N) is 1. The number of nitrogens with zero attached hydrogens (tertiary/aromatic N) is 1. The maximum Gasteiger partial charge on any atom is 0.227 e. The lowest BCUT2D eigenvalue weighted by molar-refractivity contribution is -0.127. The Labute approximate surface area is 105 Å². The van der Waals surface area contributed by atoms with E-state index in [0.29, 0.717) is 0 Å². The maximum absolute atomic E-state index is 11.3. The highest BCUT2D eigenvalue weighted by molar-refractivity contribution is 5.96. The first-order valence-electron chi connectivity index (χ1n) is 6.50. The molecule has 0 aliphatic carbocycles. The standard InChI is InChI=1S/C13H26N2O2/c1-5-15(6-2)9-7-8-11(3)14-13(17)10-12(4)16/h11H,5-10H2,1-4H3,(H,14,17)/t11-/m0/s1. The Morgan fingerprint density at radius 1 is 1.24 bits per heavy atom. The molecule has 1 amide bonds. The normalized spacial score (nSPS) is 12.5. The molecule has 0 spiro atoms. The van der Waals surface area contributed by atoms with Gasteiger partial charge in [0.2, 0.25) is 5.91 Å². The van der Waals surface area contributed by atoms with Gasteiger partial charge < -0.3 is 10.2 Å². The van der Waals surface area contributed by atoms with Gasteiger partial charge in [-0.15, -0.1) is 0 Å². The molecule has 0 aliphatic heterocycles. The van der Waals surface area contributed by atoms with E-state index in [1.54, 1.807) is 0 Å². The lowest BCUT2D eigenvalue weighted by atomic mass is 10.1. The Morgan fingerprint density at radius 2 is 1.82 bits per heavy atom. The number of hydrogen-bond donors (Lipinski definition) is 1. The van der Waals surface area contributed by atoms with E-state index in [1.165, 1.54) is 6.92 Å². The summed E-state index contributed by atoms with van der Waals surface area (Å²) in [5.74, 6) is -0.245. The van der Waals surface area contributed by atoms with Crippen LogP contribution >= 0.6 is 0 Å². The second-order valence-corrected chi connectivity index (χ2v) is 4.52. The molecule has 0 saturated carbocycles. The van der Waals surface area contributed by atoms with E-state index in [9.17, 15) is 9.59 Å². The van der Waals surface area contributed by atoms with Crippen molar-refractivity contribution in [2.75, 3.05) is 19.6 Å². The number of ketones is 1. The molecular formula is C13H26N2O2. The molecule has 0 saturated heterocycles. The van der Waals surface area contributed by atoms with Crippen molar-refractivity contribution < 1.29 is 9.59 Å². The summed E-state index contributed by atoms with van der Waals surface area (Å²) in [5.41, 5.74) is 0. The molecule has 1 N–H and O–H groups in total. The highest BCUT2D eigenvalue weighted by atomic mass is 16.2. The van der Waals surface area contributed by atoms with E-state index in [4.69, 9.17) is 0 Å². The van der Waals surface area contributed by atoms with E-state index in [0.717, 1.165) is 32.5 Å². The molecule has 17 heavy (non-hydrogen) atoms. The fourth-order valence-electron chi connectivity index (χ4n) is 1.79. The zero-order valence-electron chi connectivity index (χ0n) is 11.6. The third-order valence-corrected chi connectivity index (χ3v) is 2.82. The molecule has 4 heteroatoms. The van der Waals surface area contributed by atoms with Crippen LogP contribution in [-0.2, 0) is 9.59 Å². The molecular weight excluding hydrogens is 216 g/mol. The first kappa shape index (κ1) is 16.1. The van der Waals surface area contributed by atoms with Crippen molar-refractivity contribution in [3.63, 3.8) is 0 Å². The summed E-state index contributed by atoms with van der Waals surface area (Å²) in [6.07, 6.45) is 2.03. The number of carbonyl (C=O) groups is 2. The number of rotatable bonds is 9. The van der Waals surface area contributed by atoms with Crippen molar-refractivity contribution in [1.29, 1.82) is 0 Å². The van der Waals surface area contributed by atoms with Gasteiger partial charge in [0.05, 0.1) is 6.42 Å². The van der Waals surface area contributed by atoms with Crippen LogP contribution in [0.2, 0.25) is 0 Å². The molecule has 0 fully saturated rings. The first-order chi connectivity index (χ1) is 7.99. The van der Waals surface area contributed by atoms with Crippen molar-refractivity contribution in [3.05, 3.63) is 0 Å². The molecule has 0 bridgehead atoms. The Morgan fingerprint density at radius 3 is 2.29 bits per heavy atom. The van der Waals surface area contributed by atoms with Crippen molar-refractivity contribution in [1.82, 2.24) is 10.2 Å². The second kappa shape index (κ2) is 9.16. The molecule has 0 aliphatic rings. The van der Waals surface area contributed by atoms with E-state index in [1.807, 2.05) is 6.92 Å². The lowest BCUT2D eigenvalue weighted by Crippen LogP contribution is -2.34. The minimum Gasteiger partial charge on any atom is -0.353 e. The number of amides is 1. The molecule has 0 rings (SSSR count). The van der Waals surface area contributed by atoms with E-state index in [2.05, 4.69) is 24.1 Å². The molecule has 0 aromatic carbocycles. The van der Waals surface area contributed by atoms with Gasteiger partial charge in [0.1, 0.15) is 5.78 Å². The maximum atomic E-state index is 11.3. The predicted octanol–water partition coefficient (Wildman–Crippen LogP) is 1.59. The summed E-state index contributed by atoms with van der Waals surface area (Å²) < 4.78 is 0. The van der Waals surface area contributed by atoms with Crippen LogP contribution in [0.15, 0.2) is 0 Å². The van der Waals surface area contributed by atoms with Gasteiger partial charge in [0.15, 0.2) is 0 Å². The van der Waals surface area contributed by atoms with Crippen LogP contribution < -0.4 is 5.32 Å². The van der Waals surface area contributed by atoms with Gasteiger partial charge in [-0.1, -0.05) is 13.8 Å². The number of Topliss-reactive ketones (excluding diaryl/α,β-unsaturated/α-hetero) is 1. The minimum absolute atomic E-state index is 0.000382. The van der Waals surface area contributed by atoms with Crippen molar-refractivity contribution in [3.8, 4) is 0 Å². The van der Waals surface area contributed by atoms with Gasteiger partial charge >= 0.3 is 0 Å². The largest absolute Gasteiger partial charge is 0.353 e. The van der Waals surface area contributed by atoms with Crippen LogP contribution in [0.3, 0.4) is 0 Å². The molecule has 0 radical (unpaired) electrons. The summed E-state index contributed by atoms with van der Waals surface area (Å²) in [6.45, 7) is 10.9. The average molecular weight is 242 g/mol. The summed E-state index contributed by atoms with van der Waals surface area (Å²) in [5, 5.41) is 2.84. The van der Waals surface area contributed by atoms with E-state index < -0.39 is 0 Å². The molecule has 4 nitrogen and oxygen atoms in total. The topological polar surface area (TPSA) is 49.4 Å². The lowest BCUT2D eigenvalue weighted by Gasteiger charge is -2.19. The van der Waals surface area contributed by atoms with E-state index in [-0.39, 0.29) is 24.2 Å². The Balaban J connectivity index is 3.68. The third kappa shape index (κ3) is 8.86. The van der Waals surface area contributed by atoms with Crippen LogP contribution in [-0.4, -0.2) is 42.3 Å². The SMILES string of the molecule is CCN(CC)CCC[C@H](C)NC(=O)CC(C)=O. The average Bonchev–Trinajstić information content (AvgIpc) is 2.23. The highest BCUT2D eigenvalue weighted by Gasteiger charge is 2.09. The summed E-state index contributed by atoms with van der Waals surface area (Å²) in [4.78, 5) is 24.4. The van der Waals surface area contributed by atoms with Crippen LogP contribution in [0.1, 0.15) is 47.0 Å². The quantitative estimate of drug-likeness (QED) is 0.625. The Bertz CT molecular complexity index is 238. The second-order valence-electron chi connectivity index (χ2n) is 4.52. The summed E-state index contributed by atoms with van der Waals surface area (Å²) >= 11 is 0. The Hall–Kier alpha value is -0.900. The number of carbonyl (C=O) groups excluding carboxylic acids is 2. The Kier molecular flexibility index (Phi) is 8.68. The zero-order valence-corrected chi connectivity index (χ0v) is 11.6. The fraction of sp³-hybridized carbons (Fsp3) is 0.846. The third-order valence-electron chi connectivity index (χ3n) is 2.82. The van der Waals surface area contributed by atoms with Crippen molar-refractivity contribution in [2.45, 2.75) is 53.0 Å². The van der Waals surface area contributed by atoms with Crippen LogP contribution in [0.5, 0.6) is 0 Å². The van der Waals surface area contributed by atoms with Gasteiger partial charge in [0, 0.05) is 6.04 Å². The molecule has 0 heterocycles. The molecule has 0 aromatic heterocycles. The monoisotopic (exact) mass is 242 g/mol. The van der Waals surface area contributed by atoms with Crippen LogP contribution in [0.25, 0.3) is 0 Å². The zero-order chi connectivity index (χ0) is 13.3. The smallest absolute Gasteiger partial charge is 0.227 e. The van der Waals surface area contributed by atoms with Gasteiger partial charge in [-0.05, 0) is 46.3 Å². The minimum atomic E-state index is -0.159. The van der Waals surface area contributed by atoms with Crippen molar-refractivity contribution >= 4 is 11.7 Å². The summed E-state index contributed by atoms with van der Waals surface area (Å²) in [6, 6.07) is 0.150. The van der Waals surface area contributed by atoms with Gasteiger partial charge in [0.25, 0.3) is 0 Å². The molecule has 0 unspecified atom stereocenters. The predicted molar refractivity (Wildman–Crippen MR) is 69.9 cm³/mol. The fourth-order valence-corrected chi connectivity index (χ4v) is 1.79. The highest BCUT2D eigenvalue weighted by Crippen LogP contribution is 2.00. The van der Waals surface area contributed by atoms with Gasteiger partial charge in [-0.25, -0.2) is 0 Å². The molecule has 1 atom stereocenters. The van der Waals surface area contributed by atoms with Crippen molar-refractivity contribution in [2.24, 2.45) is 0 Å². The number of hydrogen-bond acceptors (Lipinski definition) is 3. The van der Waals surface area contributed by atoms with Crippen LogP contribution in [0.4, 0.5) is 0 Å².